The highest BCUT2D eigenvalue weighted by molar-refractivity contribution is 6.42. The first-order valence-corrected chi connectivity index (χ1v) is 9.09. The van der Waals surface area contributed by atoms with Crippen molar-refractivity contribution >= 4 is 40.7 Å². The van der Waals surface area contributed by atoms with Crippen LogP contribution in [-0.2, 0) is 0 Å². The third-order valence-electron chi connectivity index (χ3n) is 3.86. The molecule has 0 bridgehead atoms. The zero-order valence-electron chi connectivity index (χ0n) is 14.5. The van der Waals surface area contributed by atoms with Crippen molar-refractivity contribution in [3.05, 3.63) is 58.8 Å². The molecular formula is C19H19Cl2N5. The van der Waals surface area contributed by atoms with E-state index in [0.717, 1.165) is 23.4 Å². The molecule has 2 aromatic heterocycles. The number of benzene rings is 1. The van der Waals surface area contributed by atoms with E-state index in [9.17, 15) is 0 Å². The molecule has 0 radical (unpaired) electrons. The Balaban J connectivity index is 1.97. The largest absolute Gasteiger partial charge is 0.352 e. The van der Waals surface area contributed by atoms with Gasteiger partial charge in [0, 0.05) is 35.8 Å². The van der Waals surface area contributed by atoms with Crippen molar-refractivity contribution in [2.24, 2.45) is 0 Å². The van der Waals surface area contributed by atoms with E-state index in [0.29, 0.717) is 21.8 Å². The highest BCUT2D eigenvalue weighted by Gasteiger charge is 2.10. The van der Waals surface area contributed by atoms with Crippen molar-refractivity contribution in [1.82, 2.24) is 15.0 Å². The molecule has 0 saturated heterocycles. The fourth-order valence-electron chi connectivity index (χ4n) is 2.28. The lowest BCUT2D eigenvalue weighted by Crippen LogP contribution is -2.16. The standard InChI is InChI=1S/C19H19Cl2N5/c1-3-12(2)23-19-25-17(13-5-4-8-22-11-13)10-18(26-19)24-14-6-7-15(20)16(21)9-14/h4-12H,3H2,1-2H3,(H2,23,24,25,26)/t12-/m1/s1. The maximum atomic E-state index is 6.10. The zero-order valence-corrected chi connectivity index (χ0v) is 16.0. The topological polar surface area (TPSA) is 62.7 Å². The normalized spacial score (nSPS) is 11.8. The van der Waals surface area contributed by atoms with Crippen LogP contribution in [0.25, 0.3) is 11.3 Å². The summed E-state index contributed by atoms with van der Waals surface area (Å²) < 4.78 is 0. The molecule has 0 saturated carbocycles. The van der Waals surface area contributed by atoms with E-state index in [1.54, 1.807) is 24.5 Å². The van der Waals surface area contributed by atoms with Gasteiger partial charge in [-0.2, -0.15) is 4.98 Å². The minimum atomic E-state index is 0.261. The molecule has 1 atom stereocenters. The Morgan fingerprint density at radius 3 is 2.62 bits per heavy atom. The van der Waals surface area contributed by atoms with Crippen molar-refractivity contribution < 1.29 is 0 Å². The van der Waals surface area contributed by atoms with Crippen LogP contribution in [0.4, 0.5) is 17.5 Å². The van der Waals surface area contributed by atoms with Crippen molar-refractivity contribution in [2.45, 2.75) is 26.3 Å². The number of pyridine rings is 1. The van der Waals surface area contributed by atoms with Crippen molar-refractivity contribution in [1.29, 1.82) is 0 Å². The molecule has 0 unspecified atom stereocenters. The summed E-state index contributed by atoms with van der Waals surface area (Å²) >= 11 is 12.1. The zero-order chi connectivity index (χ0) is 18.5. The summed E-state index contributed by atoms with van der Waals surface area (Å²) in [5.41, 5.74) is 2.49. The Kier molecular flexibility index (Phi) is 5.91. The van der Waals surface area contributed by atoms with E-state index in [-0.39, 0.29) is 6.04 Å². The lowest BCUT2D eigenvalue weighted by molar-refractivity contribution is 0.753. The molecule has 134 valence electrons. The van der Waals surface area contributed by atoms with Crippen LogP contribution in [0.15, 0.2) is 48.8 Å². The van der Waals surface area contributed by atoms with Gasteiger partial charge in [0.05, 0.1) is 15.7 Å². The van der Waals surface area contributed by atoms with Gasteiger partial charge in [-0.3, -0.25) is 4.98 Å². The molecule has 2 heterocycles. The number of aromatic nitrogens is 3. The lowest BCUT2D eigenvalue weighted by Gasteiger charge is -2.14. The first-order valence-electron chi connectivity index (χ1n) is 8.33. The van der Waals surface area contributed by atoms with E-state index in [1.807, 2.05) is 24.3 Å². The van der Waals surface area contributed by atoms with E-state index in [4.69, 9.17) is 23.2 Å². The van der Waals surface area contributed by atoms with Gasteiger partial charge < -0.3 is 10.6 Å². The first kappa shape index (κ1) is 18.4. The highest BCUT2D eigenvalue weighted by atomic mass is 35.5. The molecule has 0 aliphatic carbocycles. The van der Waals surface area contributed by atoms with Gasteiger partial charge in [-0.15, -0.1) is 0 Å². The SMILES string of the molecule is CC[C@@H](C)Nc1nc(Nc2ccc(Cl)c(Cl)c2)cc(-c2cccnc2)n1. The quantitative estimate of drug-likeness (QED) is 0.559. The minimum Gasteiger partial charge on any atom is -0.352 e. The van der Waals surface area contributed by atoms with Crippen LogP contribution in [-0.4, -0.2) is 21.0 Å². The predicted octanol–water partition coefficient (Wildman–Crippen LogP) is 5.80. The molecule has 0 aliphatic heterocycles. The second-order valence-electron chi connectivity index (χ2n) is 5.91. The summed E-state index contributed by atoms with van der Waals surface area (Å²) in [4.78, 5) is 13.3. The van der Waals surface area contributed by atoms with Crippen LogP contribution < -0.4 is 10.6 Å². The Hall–Kier alpha value is -2.37. The molecule has 5 nitrogen and oxygen atoms in total. The van der Waals surface area contributed by atoms with Crippen LogP contribution >= 0.6 is 23.2 Å². The summed E-state index contributed by atoms with van der Waals surface area (Å²) in [6.07, 6.45) is 4.48. The third kappa shape index (κ3) is 4.62. The van der Waals surface area contributed by atoms with E-state index >= 15 is 0 Å². The van der Waals surface area contributed by atoms with Gasteiger partial charge in [0.2, 0.25) is 5.95 Å². The summed E-state index contributed by atoms with van der Waals surface area (Å²) in [5.74, 6) is 1.21. The van der Waals surface area contributed by atoms with Crippen molar-refractivity contribution in [3.63, 3.8) is 0 Å². The van der Waals surface area contributed by atoms with Gasteiger partial charge in [-0.25, -0.2) is 4.98 Å². The smallest absolute Gasteiger partial charge is 0.225 e. The van der Waals surface area contributed by atoms with Crippen molar-refractivity contribution in [2.75, 3.05) is 10.6 Å². The lowest BCUT2D eigenvalue weighted by atomic mass is 10.2. The minimum absolute atomic E-state index is 0.261. The monoisotopic (exact) mass is 387 g/mol. The van der Waals surface area contributed by atoms with Gasteiger partial charge in [0.15, 0.2) is 0 Å². The maximum absolute atomic E-state index is 6.10. The maximum Gasteiger partial charge on any atom is 0.225 e. The molecular weight excluding hydrogens is 369 g/mol. The number of rotatable bonds is 6. The number of hydrogen-bond donors (Lipinski definition) is 2. The number of anilines is 3. The van der Waals surface area contributed by atoms with Crippen LogP contribution in [0.5, 0.6) is 0 Å². The number of hydrogen-bond acceptors (Lipinski definition) is 5. The Morgan fingerprint density at radius 2 is 1.92 bits per heavy atom. The molecule has 0 spiro atoms. The predicted molar refractivity (Wildman–Crippen MR) is 108 cm³/mol. The molecule has 3 aromatic rings. The van der Waals surface area contributed by atoms with E-state index in [1.165, 1.54) is 0 Å². The molecule has 0 fully saturated rings. The number of halogens is 2. The van der Waals surface area contributed by atoms with Crippen LogP contribution in [0, 0.1) is 0 Å². The summed E-state index contributed by atoms with van der Waals surface area (Å²) in [7, 11) is 0. The Morgan fingerprint density at radius 1 is 1.08 bits per heavy atom. The van der Waals surface area contributed by atoms with Crippen LogP contribution in [0.1, 0.15) is 20.3 Å². The summed E-state index contributed by atoms with van der Waals surface area (Å²) in [6.45, 7) is 4.20. The fourth-order valence-corrected chi connectivity index (χ4v) is 2.58. The fraction of sp³-hybridized carbons (Fsp3) is 0.211. The van der Waals surface area contributed by atoms with Crippen LogP contribution in [0.3, 0.4) is 0 Å². The average Bonchev–Trinajstić information content (AvgIpc) is 2.65. The molecule has 0 amide bonds. The first-order chi connectivity index (χ1) is 12.5. The van der Waals surface area contributed by atoms with Gasteiger partial charge in [-0.1, -0.05) is 30.1 Å². The number of nitrogens with zero attached hydrogens (tertiary/aromatic N) is 3. The second kappa shape index (κ2) is 8.34. The molecule has 0 aliphatic rings. The van der Waals surface area contributed by atoms with Gasteiger partial charge in [0.25, 0.3) is 0 Å². The van der Waals surface area contributed by atoms with Gasteiger partial charge in [0.1, 0.15) is 5.82 Å². The number of nitrogens with one attached hydrogen (secondary N) is 2. The van der Waals surface area contributed by atoms with E-state index in [2.05, 4.69) is 39.4 Å². The van der Waals surface area contributed by atoms with E-state index < -0.39 is 0 Å². The average molecular weight is 388 g/mol. The molecule has 26 heavy (non-hydrogen) atoms. The molecule has 2 N–H and O–H groups in total. The molecule has 3 rings (SSSR count). The third-order valence-corrected chi connectivity index (χ3v) is 4.60. The van der Waals surface area contributed by atoms with Gasteiger partial charge >= 0.3 is 0 Å². The van der Waals surface area contributed by atoms with Gasteiger partial charge in [-0.05, 0) is 43.7 Å². The second-order valence-corrected chi connectivity index (χ2v) is 6.73. The summed E-state index contributed by atoms with van der Waals surface area (Å²) in [6, 6.07) is 11.3. The molecule has 7 heteroatoms. The van der Waals surface area contributed by atoms with Crippen molar-refractivity contribution in [3.8, 4) is 11.3 Å². The Bertz CT molecular complexity index is 886. The van der Waals surface area contributed by atoms with Crippen LogP contribution in [0.2, 0.25) is 10.0 Å². The molecule has 1 aromatic carbocycles. The highest BCUT2D eigenvalue weighted by Crippen LogP contribution is 2.28. The summed E-state index contributed by atoms with van der Waals surface area (Å²) in [5, 5.41) is 7.57. The Labute approximate surface area is 162 Å².